The van der Waals surface area contributed by atoms with Crippen LogP contribution in [0.5, 0.6) is 0 Å². The highest BCUT2D eigenvalue weighted by Crippen LogP contribution is 2.27. The lowest BCUT2D eigenvalue weighted by Gasteiger charge is -2.14. The number of aromatic nitrogens is 2. The van der Waals surface area contributed by atoms with Crippen molar-refractivity contribution in [2.75, 3.05) is 16.8 Å². The van der Waals surface area contributed by atoms with Gasteiger partial charge in [0.2, 0.25) is 5.91 Å². The Morgan fingerprint density at radius 1 is 1.40 bits per heavy atom. The van der Waals surface area contributed by atoms with Crippen LogP contribution in [-0.4, -0.2) is 35.6 Å². The molecule has 0 spiro atoms. The molecule has 1 amide bonds. The Hall–Kier alpha value is -1.86. The zero-order valence-corrected chi connectivity index (χ0v) is 15.5. The van der Waals surface area contributed by atoms with Crippen LogP contribution in [0.4, 0.5) is 5.82 Å². The molecule has 6 nitrogen and oxygen atoms in total. The van der Waals surface area contributed by atoms with Crippen molar-refractivity contribution in [2.24, 2.45) is 0 Å². The van der Waals surface area contributed by atoms with Crippen molar-refractivity contribution in [3.63, 3.8) is 0 Å². The van der Waals surface area contributed by atoms with Crippen molar-refractivity contribution >= 4 is 33.2 Å². The van der Waals surface area contributed by atoms with Gasteiger partial charge in [-0.1, -0.05) is 29.8 Å². The van der Waals surface area contributed by atoms with E-state index in [9.17, 15) is 13.2 Å². The summed E-state index contributed by atoms with van der Waals surface area (Å²) in [6.07, 6.45) is 1.35. The van der Waals surface area contributed by atoms with Gasteiger partial charge in [0, 0.05) is 17.5 Å². The molecule has 25 heavy (non-hydrogen) atoms. The Kier molecular flexibility index (Phi) is 5.15. The van der Waals surface area contributed by atoms with E-state index in [1.807, 2.05) is 25.1 Å². The molecule has 1 aromatic carbocycles. The van der Waals surface area contributed by atoms with E-state index in [1.54, 1.807) is 16.8 Å². The molecule has 2 aromatic rings. The molecule has 0 radical (unpaired) electrons. The fraction of sp³-hybridized carbons (Fsp3) is 0.412. The molecule has 1 unspecified atom stereocenters. The van der Waals surface area contributed by atoms with E-state index in [0.717, 1.165) is 11.3 Å². The minimum Gasteiger partial charge on any atom is -0.311 e. The van der Waals surface area contributed by atoms with Crippen LogP contribution in [0.15, 0.2) is 30.3 Å². The lowest BCUT2D eigenvalue weighted by molar-refractivity contribution is -0.116. The van der Waals surface area contributed by atoms with Crippen LogP contribution in [0.2, 0.25) is 5.02 Å². The van der Waals surface area contributed by atoms with Crippen LogP contribution in [0.3, 0.4) is 0 Å². The van der Waals surface area contributed by atoms with Gasteiger partial charge in [-0.25, -0.2) is 13.1 Å². The van der Waals surface area contributed by atoms with Crippen molar-refractivity contribution in [3.05, 3.63) is 46.6 Å². The SMILES string of the molecule is Cc1cc(NC(=O)CCc2ccccc2Cl)n(C2CCS(=O)(=O)C2)n1. The third-order valence-corrected chi connectivity index (χ3v) is 6.38. The molecule has 1 fully saturated rings. The van der Waals surface area contributed by atoms with Gasteiger partial charge in [0.25, 0.3) is 0 Å². The van der Waals surface area contributed by atoms with Crippen LogP contribution in [0, 0.1) is 6.92 Å². The molecule has 3 rings (SSSR count). The highest BCUT2D eigenvalue weighted by atomic mass is 35.5. The van der Waals surface area contributed by atoms with Crippen LogP contribution in [0.25, 0.3) is 0 Å². The maximum atomic E-state index is 12.3. The van der Waals surface area contributed by atoms with Gasteiger partial charge < -0.3 is 5.32 Å². The van der Waals surface area contributed by atoms with Crippen molar-refractivity contribution < 1.29 is 13.2 Å². The van der Waals surface area contributed by atoms with Crippen molar-refractivity contribution in [2.45, 2.75) is 32.2 Å². The maximum Gasteiger partial charge on any atom is 0.225 e. The summed E-state index contributed by atoms with van der Waals surface area (Å²) in [6.45, 7) is 1.82. The molecule has 2 heterocycles. The first-order valence-corrected chi connectivity index (χ1v) is 10.3. The molecule has 1 saturated heterocycles. The number of carbonyl (C=O) groups excluding carboxylic acids is 1. The first-order valence-electron chi connectivity index (χ1n) is 8.14. The number of anilines is 1. The molecule has 0 bridgehead atoms. The molecule has 8 heteroatoms. The number of hydrogen-bond donors (Lipinski definition) is 1. The zero-order valence-electron chi connectivity index (χ0n) is 13.9. The molecule has 1 aliphatic rings. The predicted molar refractivity (Wildman–Crippen MR) is 97.7 cm³/mol. The minimum absolute atomic E-state index is 0.0661. The van der Waals surface area contributed by atoms with Crippen molar-refractivity contribution in [1.82, 2.24) is 9.78 Å². The number of nitrogens with zero attached hydrogens (tertiary/aromatic N) is 2. The van der Waals surface area contributed by atoms with Gasteiger partial charge >= 0.3 is 0 Å². The van der Waals surface area contributed by atoms with E-state index < -0.39 is 9.84 Å². The Balaban J connectivity index is 1.67. The molecular formula is C17H20ClN3O3S. The van der Waals surface area contributed by atoms with Gasteiger partial charge in [-0.15, -0.1) is 0 Å². The van der Waals surface area contributed by atoms with Crippen LogP contribution >= 0.6 is 11.6 Å². The quantitative estimate of drug-likeness (QED) is 0.863. The van der Waals surface area contributed by atoms with Gasteiger partial charge in [-0.05, 0) is 31.4 Å². The Morgan fingerprint density at radius 2 is 2.16 bits per heavy atom. The average molecular weight is 382 g/mol. The summed E-state index contributed by atoms with van der Waals surface area (Å²) in [5.41, 5.74) is 1.66. The van der Waals surface area contributed by atoms with E-state index in [1.165, 1.54) is 0 Å². The second-order valence-corrected chi connectivity index (χ2v) is 8.95. The zero-order chi connectivity index (χ0) is 18.0. The highest BCUT2D eigenvalue weighted by molar-refractivity contribution is 7.91. The predicted octanol–water partition coefficient (Wildman–Crippen LogP) is 2.78. The fourth-order valence-electron chi connectivity index (χ4n) is 3.01. The number of rotatable bonds is 5. The molecule has 1 aliphatic heterocycles. The van der Waals surface area contributed by atoms with Crippen LogP contribution < -0.4 is 5.32 Å². The normalized spacial score (nSPS) is 19.0. The van der Waals surface area contributed by atoms with Gasteiger partial charge in [0.05, 0.1) is 23.2 Å². The molecule has 134 valence electrons. The second-order valence-electron chi connectivity index (χ2n) is 6.31. The number of nitrogens with one attached hydrogen (secondary N) is 1. The monoisotopic (exact) mass is 381 g/mol. The first-order chi connectivity index (χ1) is 11.8. The largest absolute Gasteiger partial charge is 0.311 e. The lowest BCUT2D eigenvalue weighted by Crippen LogP contribution is -2.19. The molecule has 1 aromatic heterocycles. The number of aryl methyl sites for hydroxylation is 2. The average Bonchev–Trinajstić information content (AvgIpc) is 3.08. The summed E-state index contributed by atoms with van der Waals surface area (Å²) in [5, 5.41) is 7.85. The Morgan fingerprint density at radius 3 is 2.84 bits per heavy atom. The molecule has 0 saturated carbocycles. The fourth-order valence-corrected chi connectivity index (χ4v) is 4.93. The molecule has 1 atom stereocenters. The van der Waals surface area contributed by atoms with E-state index in [-0.39, 0.29) is 29.9 Å². The number of benzene rings is 1. The number of halogens is 1. The van der Waals surface area contributed by atoms with Gasteiger partial charge in [-0.2, -0.15) is 5.10 Å². The summed E-state index contributed by atoms with van der Waals surface area (Å²) >= 11 is 6.11. The smallest absolute Gasteiger partial charge is 0.225 e. The third kappa shape index (κ3) is 4.41. The summed E-state index contributed by atoms with van der Waals surface area (Å²) in [7, 11) is -3.02. The molecule has 0 aliphatic carbocycles. The second kappa shape index (κ2) is 7.17. The Bertz CT molecular complexity index is 892. The summed E-state index contributed by atoms with van der Waals surface area (Å²) in [4.78, 5) is 12.3. The Labute approximate surface area is 152 Å². The van der Waals surface area contributed by atoms with E-state index in [4.69, 9.17) is 11.6 Å². The summed E-state index contributed by atoms with van der Waals surface area (Å²) < 4.78 is 25.0. The lowest BCUT2D eigenvalue weighted by atomic mass is 10.1. The minimum atomic E-state index is -3.02. The molecular weight excluding hydrogens is 362 g/mol. The first kappa shape index (κ1) is 17.9. The number of sulfone groups is 1. The topological polar surface area (TPSA) is 81.1 Å². The van der Waals surface area contributed by atoms with E-state index in [2.05, 4.69) is 10.4 Å². The third-order valence-electron chi connectivity index (χ3n) is 4.26. The van der Waals surface area contributed by atoms with Crippen molar-refractivity contribution in [1.29, 1.82) is 0 Å². The van der Waals surface area contributed by atoms with Gasteiger partial charge in [-0.3, -0.25) is 4.79 Å². The van der Waals surface area contributed by atoms with E-state index in [0.29, 0.717) is 23.7 Å². The maximum absolute atomic E-state index is 12.3. The standard InChI is InChI=1S/C17H20ClN3O3S/c1-12-10-16(21(20-12)14-8-9-25(23,24)11-14)19-17(22)7-6-13-4-2-3-5-15(13)18/h2-5,10,14H,6-9,11H2,1H3,(H,19,22). The van der Waals surface area contributed by atoms with Crippen LogP contribution in [0.1, 0.15) is 30.1 Å². The molecule has 1 N–H and O–H groups in total. The number of amides is 1. The summed E-state index contributed by atoms with van der Waals surface area (Å²) in [6, 6.07) is 8.97. The number of hydrogen-bond acceptors (Lipinski definition) is 4. The highest BCUT2D eigenvalue weighted by Gasteiger charge is 2.31. The van der Waals surface area contributed by atoms with Gasteiger partial charge in [0.1, 0.15) is 5.82 Å². The number of carbonyl (C=O) groups is 1. The van der Waals surface area contributed by atoms with Gasteiger partial charge in [0.15, 0.2) is 9.84 Å². The summed E-state index contributed by atoms with van der Waals surface area (Å²) in [5.74, 6) is 0.623. The van der Waals surface area contributed by atoms with E-state index >= 15 is 0 Å². The van der Waals surface area contributed by atoms with Crippen LogP contribution in [-0.2, 0) is 21.1 Å². The van der Waals surface area contributed by atoms with Crippen molar-refractivity contribution in [3.8, 4) is 0 Å².